The number of nitrogens with two attached hydrogens (primary N) is 1. The van der Waals surface area contributed by atoms with Gasteiger partial charge in [0.1, 0.15) is 5.82 Å². The van der Waals surface area contributed by atoms with Crippen LogP contribution in [0.1, 0.15) is 22.7 Å². The van der Waals surface area contributed by atoms with Crippen molar-refractivity contribution in [3.8, 4) is 0 Å². The Kier molecular flexibility index (Phi) is 5.13. The molecule has 1 nitrogen and oxygen atoms in total. The lowest BCUT2D eigenvalue weighted by atomic mass is 10.00. The van der Waals surface area contributed by atoms with Crippen LogP contribution in [0.2, 0.25) is 0 Å². The summed E-state index contributed by atoms with van der Waals surface area (Å²) in [7, 11) is 0. The van der Waals surface area contributed by atoms with E-state index in [4.69, 9.17) is 5.73 Å². The molecule has 0 radical (unpaired) electrons. The molecule has 2 aromatic rings. The summed E-state index contributed by atoms with van der Waals surface area (Å²) in [5, 5.41) is 3.89. The zero-order valence-corrected chi connectivity index (χ0v) is 12.3. The standard InChI is InChI=1S/C12H11BrFNS.ClH/c1-7-4-9(13)5-10(11(7)14)12(15)8-2-3-16-6-8;/h2-6,12H,15H2,1H3;1H/t12-;/m0./s1. The van der Waals surface area contributed by atoms with Crippen LogP contribution in [-0.4, -0.2) is 0 Å². The number of hydrogen-bond donors (Lipinski definition) is 1. The highest BCUT2D eigenvalue weighted by Crippen LogP contribution is 2.28. The monoisotopic (exact) mass is 335 g/mol. The Balaban J connectivity index is 0.00000144. The third-order valence-electron chi connectivity index (χ3n) is 2.48. The first-order chi connectivity index (χ1) is 7.59. The van der Waals surface area contributed by atoms with E-state index in [0.717, 1.165) is 10.0 Å². The third kappa shape index (κ3) is 3.07. The highest BCUT2D eigenvalue weighted by molar-refractivity contribution is 9.10. The molecule has 0 saturated heterocycles. The Bertz CT molecular complexity index is 501. The van der Waals surface area contributed by atoms with Gasteiger partial charge in [0.25, 0.3) is 0 Å². The van der Waals surface area contributed by atoms with Gasteiger partial charge in [-0.1, -0.05) is 15.9 Å². The van der Waals surface area contributed by atoms with Crippen LogP contribution >= 0.6 is 39.7 Å². The zero-order valence-electron chi connectivity index (χ0n) is 9.11. The van der Waals surface area contributed by atoms with E-state index < -0.39 is 6.04 Å². The van der Waals surface area contributed by atoms with E-state index in [2.05, 4.69) is 15.9 Å². The van der Waals surface area contributed by atoms with Gasteiger partial charge >= 0.3 is 0 Å². The van der Waals surface area contributed by atoms with Crippen molar-refractivity contribution in [2.45, 2.75) is 13.0 Å². The highest BCUT2D eigenvalue weighted by atomic mass is 79.9. The second-order valence-corrected chi connectivity index (χ2v) is 5.36. The van der Waals surface area contributed by atoms with Crippen LogP contribution in [0.4, 0.5) is 4.39 Å². The fraction of sp³-hybridized carbons (Fsp3) is 0.167. The van der Waals surface area contributed by atoms with Crippen molar-refractivity contribution in [3.05, 3.63) is 55.9 Å². The zero-order chi connectivity index (χ0) is 11.7. The Morgan fingerprint density at radius 2 is 2.12 bits per heavy atom. The molecule has 1 heterocycles. The third-order valence-corrected chi connectivity index (χ3v) is 3.64. The summed E-state index contributed by atoms with van der Waals surface area (Å²) >= 11 is 4.92. The molecule has 1 aromatic carbocycles. The van der Waals surface area contributed by atoms with E-state index in [1.807, 2.05) is 16.8 Å². The van der Waals surface area contributed by atoms with Gasteiger partial charge in [-0.3, -0.25) is 0 Å². The SMILES string of the molecule is Cc1cc(Br)cc([C@@H](N)c2ccsc2)c1F.Cl. The molecule has 2 N–H and O–H groups in total. The Morgan fingerprint density at radius 3 is 2.71 bits per heavy atom. The quantitative estimate of drug-likeness (QED) is 0.862. The molecule has 2 rings (SSSR count). The molecule has 92 valence electrons. The van der Waals surface area contributed by atoms with E-state index in [0.29, 0.717) is 11.1 Å². The van der Waals surface area contributed by atoms with Gasteiger partial charge in [-0.25, -0.2) is 4.39 Å². The Hall–Kier alpha value is -0.420. The molecule has 0 bridgehead atoms. The van der Waals surface area contributed by atoms with E-state index in [9.17, 15) is 4.39 Å². The van der Waals surface area contributed by atoms with Crippen LogP contribution in [0.3, 0.4) is 0 Å². The van der Waals surface area contributed by atoms with Crippen molar-refractivity contribution in [3.63, 3.8) is 0 Å². The maximum absolute atomic E-state index is 13.9. The minimum Gasteiger partial charge on any atom is -0.320 e. The lowest BCUT2D eigenvalue weighted by Gasteiger charge is -2.13. The van der Waals surface area contributed by atoms with Crippen molar-refractivity contribution >= 4 is 39.7 Å². The first-order valence-corrected chi connectivity index (χ1v) is 6.56. The maximum Gasteiger partial charge on any atom is 0.131 e. The molecule has 0 aliphatic rings. The topological polar surface area (TPSA) is 26.0 Å². The second-order valence-electron chi connectivity index (χ2n) is 3.66. The summed E-state index contributed by atoms with van der Waals surface area (Å²) < 4.78 is 14.8. The number of halogens is 3. The fourth-order valence-electron chi connectivity index (χ4n) is 1.61. The van der Waals surface area contributed by atoms with Crippen LogP contribution in [0.25, 0.3) is 0 Å². The van der Waals surface area contributed by atoms with Gasteiger partial charge in [0.2, 0.25) is 0 Å². The van der Waals surface area contributed by atoms with E-state index >= 15 is 0 Å². The number of hydrogen-bond acceptors (Lipinski definition) is 2. The van der Waals surface area contributed by atoms with Crippen LogP contribution in [-0.2, 0) is 0 Å². The van der Waals surface area contributed by atoms with E-state index in [1.54, 1.807) is 30.4 Å². The number of benzene rings is 1. The molecule has 17 heavy (non-hydrogen) atoms. The Labute approximate surface area is 118 Å². The molecule has 0 aliphatic carbocycles. The smallest absolute Gasteiger partial charge is 0.131 e. The van der Waals surface area contributed by atoms with Crippen molar-refractivity contribution in [2.75, 3.05) is 0 Å². The molecule has 1 atom stereocenters. The molecular weight excluding hydrogens is 325 g/mol. The average molecular weight is 337 g/mol. The van der Waals surface area contributed by atoms with Gasteiger partial charge in [0, 0.05) is 10.0 Å². The summed E-state index contributed by atoms with van der Waals surface area (Å²) in [5.74, 6) is -0.220. The molecule has 0 amide bonds. The molecular formula is C12H12BrClFNS. The first-order valence-electron chi connectivity index (χ1n) is 4.83. The van der Waals surface area contributed by atoms with Crippen LogP contribution in [0.5, 0.6) is 0 Å². The molecule has 0 fully saturated rings. The van der Waals surface area contributed by atoms with Gasteiger partial charge in [-0.05, 0) is 47.0 Å². The van der Waals surface area contributed by atoms with Crippen molar-refractivity contribution < 1.29 is 4.39 Å². The molecule has 0 spiro atoms. The van der Waals surface area contributed by atoms with Gasteiger partial charge in [-0.2, -0.15) is 11.3 Å². The van der Waals surface area contributed by atoms with E-state index in [-0.39, 0.29) is 18.2 Å². The van der Waals surface area contributed by atoms with Gasteiger partial charge in [-0.15, -0.1) is 12.4 Å². The minimum atomic E-state index is -0.401. The summed E-state index contributed by atoms with van der Waals surface area (Å²) in [6, 6.07) is 5.01. The predicted octanol–water partition coefficient (Wildman–Crippen LogP) is 4.43. The van der Waals surface area contributed by atoms with Crippen LogP contribution < -0.4 is 5.73 Å². The summed E-state index contributed by atoms with van der Waals surface area (Å²) in [5.41, 5.74) is 8.13. The second kappa shape index (κ2) is 5.96. The Morgan fingerprint density at radius 1 is 1.41 bits per heavy atom. The van der Waals surface area contributed by atoms with Crippen molar-refractivity contribution in [1.29, 1.82) is 0 Å². The average Bonchev–Trinajstić information content (AvgIpc) is 2.75. The van der Waals surface area contributed by atoms with Gasteiger partial charge in [0.05, 0.1) is 6.04 Å². The van der Waals surface area contributed by atoms with Crippen molar-refractivity contribution in [2.24, 2.45) is 5.73 Å². The number of thiophene rings is 1. The van der Waals surface area contributed by atoms with Gasteiger partial charge < -0.3 is 5.73 Å². The normalized spacial score (nSPS) is 12.0. The minimum absolute atomic E-state index is 0. The van der Waals surface area contributed by atoms with E-state index in [1.165, 1.54) is 0 Å². The predicted molar refractivity (Wildman–Crippen MR) is 76.4 cm³/mol. The summed E-state index contributed by atoms with van der Waals surface area (Å²) in [6.07, 6.45) is 0. The lowest BCUT2D eigenvalue weighted by molar-refractivity contribution is 0.591. The van der Waals surface area contributed by atoms with Crippen LogP contribution in [0, 0.1) is 12.7 Å². The van der Waals surface area contributed by atoms with Gasteiger partial charge in [0.15, 0.2) is 0 Å². The number of aryl methyl sites for hydroxylation is 1. The lowest BCUT2D eigenvalue weighted by Crippen LogP contribution is -2.13. The molecule has 1 aromatic heterocycles. The van der Waals surface area contributed by atoms with Crippen molar-refractivity contribution in [1.82, 2.24) is 0 Å². The highest BCUT2D eigenvalue weighted by Gasteiger charge is 2.16. The number of rotatable bonds is 2. The largest absolute Gasteiger partial charge is 0.320 e. The molecule has 0 saturated carbocycles. The fourth-order valence-corrected chi connectivity index (χ4v) is 2.90. The summed E-state index contributed by atoms with van der Waals surface area (Å²) in [6.45, 7) is 1.74. The van der Waals surface area contributed by atoms with Crippen LogP contribution in [0.15, 0.2) is 33.4 Å². The summed E-state index contributed by atoms with van der Waals surface area (Å²) in [4.78, 5) is 0. The molecule has 5 heteroatoms. The first kappa shape index (κ1) is 14.6. The maximum atomic E-state index is 13.9. The molecule has 0 aliphatic heterocycles. The molecule has 0 unspecified atom stereocenters.